The second-order valence-electron chi connectivity index (χ2n) is 4.99. The van der Waals surface area contributed by atoms with E-state index >= 15 is 0 Å². The summed E-state index contributed by atoms with van der Waals surface area (Å²) in [5.74, 6) is 0.451. The van der Waals surface area contributed by atoms with Crippen molar-refractivity contribution >= 4 is 21.9 Å². The average molecular weight is 308 g/mol. The summed E-state index contributed by atoms with van der Waals surface area (Å²) in [7, 11) is 1.38. The first-order chi connectivity index (χ1) is 8.03. The number of hydrogen-bond acceptors (Lipinski definition) is 4. The molecule has 5 heteroatoms. The maximum absolute atomic E-state index is 11.3. The smallest absolute Gasteiger partial charge is 0.320 e. The molecule has 0 aromatic carbocycles. The molecule has 2 N–H and O–H groups in total. The Balaban J connectivity index is 2.44. The molecule has 0 aromatic rings. The van der Waals surface area contributed by atoms with Crippen molar-refractivity contribution in [2.75, 3.05) is 20.3 Å². The van der Waals surface area contributed by atoms with Crippen LogP contribution in [-0.4, -0.2) is 41.7 Å². The summed E-state index contributed by atoms with van der Waals surface area (Å²) in [6.45, 7) is 2.85. The molecular weight excluding hydrogens is 286 g/mol. The van der Waals surface area contributed by atoms with Crippen LogP contribution in [0.15, 0.2) is 0 Å². The van der Waals surface area contributed by atoms with Crippen molar-refractivity contribution < 1.29 is 14.6 Å². The van der Waals surface area contributed by atoms with Gasteiger partial charge in [0.25, 0.3) is 0 Å². The molecule has 0 heterocycles. The Morgan fingerprint density at radius 1 is 1.59 bits per heavy atom. The summed E-state index contributed by atoms with van der Waals surface area (Å²) in [4.78, 5) is 10.9. The summed E-state index contributed by atoms with van der Waals surface area (Å²) < 4.78 is 4.65. The van der Waals surface area contributed by atoms with Crippen molar-refractivity contribution in [3.05, 3.63) is 0 Å². The van der Waals surface area contributed by atoms with Gasteiger partial charge in [-0.05, 0) is 31.6 Å². The van der Waals surface area contributed by atoms with Gasteiger partial charge in [-0.3, -0.25) is 4.79 Å². The highest BCUT2D eigenvalue weighted by molar-refractivity contribution is 9.10. The Kier molecular flexibility index (Phi) is 5.89. The Bertz CT molecular complexity index is 252. The number of hydrogen-bond donors (Lipinski definition) is 2. The number of nitrogens with one attached hydrogen (secondary N) is 1. The molecule has 1 aliphatic rings. The van der Waals surface area contributed by atoms with E-state index in [1.807, 2.05) is 0 Å². The summed E-state index contributed by atoms with van der Waals surface area (Å²) >= 11 is 3.28. The molecule has 1 saturated carbocycles. The van der Waals surface area contributed by atoms with E-state index in [2.05, 4.69) is 32.9 Å². The Morgan fingerprint density at radius 3 is 2.65 bits per heavy atom. The Morgan fingerprint density at radius 2 is 2.18 bits per heavy atom. The van der Waals surface area contributed by atoms with E-state index < -0.39 is 0 Å². The molecule has 1 atom stereocenters. The summed E-state index contributed by atoms with van der Waals surface area (Å²) in [5, 5.41) is 12.9. The fourth-order valence-electron chi connectivity index (χ4n) is 2.22. The zero-order valence-electron chi connectivity index (χ0n) is 10.5. The molecule has 1 fully saturated rings. The number of halogens is 1. The van der Waals surface area contributed by atoms with Crippen LogP contribution in [0.5, 0.6) is 0 Å². The topological polar surface area (TPSA) is 58.6 Å². The van der Waals surface area contributed by atoms with E-state index in [1.165, 1.54) is 7.11 Å². The lowest BCUT2D eigenvalue weighted by molar-refractivity contribution is -0.139. The minimum Gasteiger partial charge on any atom is -0.468 e. The van der Waals surface area contributed by atoms with Crippen LogP contribution in [-0.2, 0) is 9.53 Å². The van der Waals surface area contributed by atoms with Crippen molar-refractivity contribution in [2.24, 2.45) is 5.92 Å². The fraction of sp³-hybridized carbons (Fsp3) is 0.917. The third kappa shape index (κ3) is 4.23. The standard InChI is InChI=1S/C12H22BrNO3/c1-9-3-5-12(8-15,6-4-9)14-7-10(13)11(16)17-2/h9-10,14-15H,3-8H2,1-2H3. The van der Waals surface area contributed by atoms with Crippen LogP contribution in [0, 0.1) is 5.92 Å². The number of methoxy groups -OCH3 is 1. The molecular formula is C12H22BrNO3. The van der Waals surface area contributed by atoms with Crippen LogP contribution in [0.1, 0.15) is 32.6 Å². The molecule has 0 aliphatic heterocycles. The number of aliphatic hydroxyl groups is 1. The minimum atomic E-state index is -0.352. The lowest BCUT2D eigenvalue weighted by Gasteiger charge is -2.39. The third-order valence-electron chi connectivity index (χ3n) is 3.65. The van der Waals surface area contributed by atoms with Gasteiger partial charge >= 0.3 is 5.97 Å². The molecule has 100 valence electrons. The van der Waals surface area contributed by atoms with Crippen LogP contribution in [0.2, 0.25) is 0 Å². The lowest BCUT2D eigenvalue weighted by Crippen LogP contribution is -2.53. The van der Waals surface area contributed by atoms with Gasteiger partial charge in [0.15, 0.2) is 0 Å². The molecule has 0 spiro atoms. The normalized spacial score (nSPS) is 30.9. The van der Waals surface area contributed by atoms with Gasteiger partial charge in [-0.25, -0.2) is 0 Å². The van der Waals surface area contributed by atoms with Gasteiger partial charge in [0.2, 0.25) is 0 Å². The Labute approximate surface area is 111 Å². The van der Waals surface area contributed by atoms with Gasteiger partial charge in [-0.2, -0.15) is 0 Å². The summed E-state index contributed by atoms with van der Waals surface area (Å²) in [6, 6.07) is 0. The lowest BCUT2D eigenvalue weighted by atomic mass is 9.77. The summed E-state index contributed by atoms with van der Waals surface area (Å²) in [5.41, 5.74) is -0.216. The molecule has 17 heavy (non-hydrogen) atoms. The highest BCUT2D eigenvalue weighted by Gasteiger charge is 2.34. The molecule has 1 rings (SSSR count). The van der Waals surface area contributed by atoms with E-state index in [1.54, 1.807) is 0 Å². The minimum absolute atomic E-state index is 0.126. The number of esters is 1. The summed E-state index contributed by atoms with van der Waals surface area (Å²) in [6.07, 6.45) is 4.18. The Hall–Kier alpha value is -0.130. The highest BCUT2D eigenvalue weighted by atomic mass is 79.9. The van der Waals surface area contributed by atoms with Crippen LogP contribution in [0.3, 0.4) is 0 Å². The van der Waals surface area contributed by atoms with E-state index in [9.17, 15) is 9.90 Å². The third-order valence-corrected chi connectivity index (χ3v) is 4.34. The molecule has 0 radical (unpaired) electrons. The first-order valence-electron chi connectivity index (χ1n) is 6.11. The molecule has 1 unspecified atom stereocenters. The van der Waals surface area contributed by atoms with Gasteiger partial charge < -0.3 is 15.2 Å². The van der Waals surface area contributed by atoms with E-state index in [-0.39, 0.29) is 22.9 Å². The second-order valence-corrected chi connectivity index (χ2v) is 6.10. The molecule has 1 aliphatic carbocycles. The zero-order chi connectivity index (χ0) is 12.9. The molecule has 0 bridgehead atoms. The molecule has 0 aromatic heterocycles. The van der Waals surface area contributed by atoms with Crippen LogP contribution >= 0.6 is 15.9 Å². The molecule has 4 nitrogen and oxygen atoms in total. The van der Waals surface area contributed by atoms with E-state index in [0.29, 0.717) is 6.54 Å². The first kappa shape index (κ1) is 14.9. The quantitative estimate of drug-likeness (QED) is 0.596. The van der Waals surface area contributed by atoms with Gasteiger partial charge in [0.05, 0.1) is 13.7 Å². The molecule has 0 saturated heterocycles. The van der Waals surface area contributed by atoms with Gasteiger partial charge in [-0.15, -0.1) is 0 Å². The predicted molar refractivity (Wildman–Crippen MR) is 70.2 cm³/mol. The number of carbonyl (C=O) groups is 1. The fourth-order valence-corrected chi connectivity index (χ4v) is 2.57. The van der Waals surface area contributed by atoms with Crippen LogP contribution < -0.4 is 5.32 Å². The maximum atomic E-state index is 11.3. The second kappa shape index (κ2) is 6.71. The van der Waals surface area contributed by atoms with E-state index in [4.69, 9.17) is 0 Å². The maximum Gasteiger partial charge on any atom is 0.320 e. The average Bonchev–Trinajstić information content (AvgIpc) is 2.37. The van der Waals surface area contributed by atoms with Crippen molar-refractivity contribution in [1.82, 2.24) is 5.32 Å². The number of carbonyl (C=O) groups excluding carboxylic acids is 1. The van der Waals surface area contributed by atoms with E-state index in [0.717, 1.165) is 31.6 Å². The highest BCUT2D eigenvalue weighted by Crippen LogP contribution is 2.31. The number of alkyl halides is 1. The monoisotopic (exact) mass is 307 g/mol. The number of rotatable bonds is 5. The van der Waals surface area contributed by atoms with Crippen molar-refractivity contribution in [3.63, 3.8) is 0 Å². The number of aliphatic hydroxyl groups excluding tert-OH is 1. The van der Waals surface area contributed by atoms with Crippen molar-refractivity contribution in [3.8, 4) is 0 Å². The van der Waals surface area contributed by atoms with Gasteiger partial charge in [0.1, 0.15) is 4.83 Å². The van der Waals surface area contributed by atoms with Crippen molar-refractivity contribution in [2.45, 2.75) is 43.0 Å². The SMILES string of the molecule is COC(=O)C(Br)CNC1(CO)CCC(C)CC1. The van der Waals surface area contributed by atoms with Gasteiger partial charge in [0, 0.05) is 12.1 Å². The van der Waals surface area contributed by atoms with Gasteiger partial charge in [-0.1, -0.05) is 22.9 Å². The predicted octanol–water partition coefficient (Wildman–Crippen LogP) is 1.45. The molecule has 0 amide bonds. The zero-order valence-corrected chi connectivity index (χ0v) is 12.1. The van der Waals surface area contributed by atoms with Crippen molar-refractivity contribution in [1.29, 1.82) is 0 Å². The van der Waals surface area contributed by atoms with Crippen LogP contribution in [0.4, 0.5) is 0 Å². The first-order valence-corrected chi connectivity index (χ1v) is 7.02. The number of ether oxygens (including phenoxy) is 1. The largest absolute Gasteiger partial charge is 0.468 e. The van der Waals surface area contributed by atoms with Crippen LogP contribution in [0.25, 0.3) is 0 Å².